The summed E-state index contributed by atoms with van der Waals surface area (Å²) in [4.78, 5) is 30.3. The van der Waals surface area contributed by atoms with E-state index in [2.05, 4.69) is 15.2 Å². The third kappa shape index (κ3) is 3.82. The van der Waals surface area contributed by atoms with Gasteiger partial charge >= 0.3 is 0 Å². The highest BCUT2D eigenvalue weighted by molar-refractivity contribution is 8.15. The van der Waals surface area contributed by atoms with Gasteiger partial charge in [-0.1, -0.05) is 41.0 Å². The SMILES string of the molecule is O=C(CC1SC(N2CCCC2)=NC1=O)Nc1cccc(Cl)c1Cl. The van der Waals surface area contributed by atoms with Crippen molar-refractivity contribution in [1.82, 2.24) is 4.90 Å². The summed E-state index contributed by atoms with van der Waals surface area (Å²) in [7, 11) is 0. The van der Waals surface area contributed by atoms with Crippen LogP contribution in [0.3, 0.4) is 0 Å². The van der Waals surface area contributed by atoms with Crippen molar-refractivity contribution in [2.45, 2.75) is 24.5 Å². The summed E-state index contributed by atoms with van der Waals surface area (Å²) < 4.78 is 0. The van der Waals surface area contributed by atoms with Gasteiger partial charge in [-0.15, -0.1) is 0 Å². The fourth-order valence-corrected chi connectivity index (χ4v) is 3.99. The predicted molar refractivity (Wildman–Crippen MR) is 94.3 cm³/mol. The molecule has 1 aromatic carbocycles. The molecule has 3 rings (SSSR count). The quantitative estimate of drug-likeness (QED) is 0.883. The van der Waals surface area contributed by atoms with Crippen LogP contribution < -0.4 is 5.32 Å². The van der Waals surface area contributed by atoms with Gasteiger partial charge in [0.1, 0.15) is 5.25 Å². The Bertz CT molecular complexity index is 675. The Hall–Kier alpha value is -1.24. The number of carbonyl (C=O) groups excluding carboxylic acids is 2. The van der Waals surface area contributed by atoms with Gasteiger partial charge in [0, 0.05) is 19.5 Å². The Balaban J connectivity index is 1.58. The molecular formula is C15H15Cl2N3O2S. The third-order valence-corrected chi connectivity index (χ3v) is 5.73. The zero-order valence-corrected chi connectivity index (χ0v) is 14.5. The first-order valence-electron chi connectivity index (χ1n) is 7.32. The molecule has 2 aliphatic rings. The number of hydrogen-bond acceptors (Lipinski definition) is 4. The monoisotopic (exact) mass is 371 g/mol. The smallest absolute Gasteiger partial charge is 0.262 e. The van der Waals surface area contributed by atoms with Gasteiger partial charge in [0.15, 0.2) is 5.17 Å². The normalized spacial score (nSPS) is 20.8. The average molecular weight is 372 g/mol. The number of carbonyl (C=O) groups is 2. The van der Waals surface area contributed by atoms with Crippen LogP contribution in [0.4, 0.5) is 5.69 Å². The second-order valence-electron chi connectivity index (χ2n) is 5.39. The molecule has 0 spiro atoms. The molecule has 1 fully saturated rings. The number of amidine groups is 1. The number of hydrogen-bond donors (Lipinski definition) is 1. The Morgan fingerprint density at radius 2 is 2.09 bits per heavy atom. The van der Waals surface area contributed by atoms with Gasteiger partial charge in [0.25, 0.3) is 5.91 Å². The van der Waals surface area contributed by atoms with Crippen molar-refractivity contribution in [1.29, 1.82) is 0 Å². The van der Waals surface area contributed by atoms with E-state index in [1.807, 2.05) is 0 Å². The van der Waals surface area contributed by atoms with Gasteiger partial charge in [0.2, 0.25) is 5.91 Å². The lowest BCUT2D eigenvalue weighted by Crippen LogP contribution is -2.25. The lowest BCUT2D eigenvalue weighted by Gasteiger charge is -2.16. The van der Waals surface area contributed by atoms with Gasteiger partial charge < -0.3 is 10.2 Å². The summed E-state index contributed by atoms with van der Waals surface area (Å²) in [6.07, 6.45) is 2.30. The Morgan fingerprint density at radius 1 is 1.35 bits per heavy atom. The topological polar surface area (TPSA) is 61.8 Å². The summed E-state index contributed by atoms with van der Waals surface area (Å²) >= 11 is 13.3. The number of halogens is 2. The van der Waals surface area contributed by atoms with E-state index in [0.717, 1.165) is 31.1 Å². The number of anilines is 1. The first kappa shape index (κ1) is 16.6. The molecule has 0 radical (unpaired) electrons. The number of likely N-dealkylation sites (tertiary alicyclic amines) is 1. The van der Waals surface area contributed by atoms with E-state index in [9.17, 15) is 9.59 Å². The number of thioether (sulfide) groups is 1. The van der Waals surface area contributed by atoms with Gasteiger partial charge in [-0.05, 0) is 25.0 Å². The van der Waals surface area contributed by atoms with E-state index in [-0.39, 0.29) is 18.2 Å². The van der Waals surface area contributed by atoms with Crippen molar-refractivity contribution in [2.75, 3.05) is 18.4 Å². The van der Waals surface area contributed by atoms with Crippen molar-refractivity contribution in [3.05, 3.63) is 28.2 Å². The molecule has 2 heterocycles. The van der Waals surface area contributed by atoms with Crippen LogP contribution in [0.5, 0.6) is 0 Å². The fourth-order valence-electron chi connectivity index (χ4n) is 2.52. The maximum atomic E-state index is 12.2. The number of rotatable bonds is 3. The summed E-state index contributed by atoms with van der Waals surface area (Å²) in [6, 6.07) is 5.02. The van der Waals surface area contributed by atoms with Crippen molar-refractivity contribution in [3.8, 4) is 0 Å². The van der Waals surface area contributed by atoms with Gasteiger partial charge in [-0.3, -0.25) is 9.59 Å². The molecule has 8 heteroatoms. The van der Waals surface area contributed by atoms with Crippen LogP contribution in [-0.2, 0) is 9.59 Å². The van der Waals surface area contributed by atoms with Crippen LogP contribution in [0.1, 0.15) is 19.3 Å². The largest absolute Gasteiger partial charge is 0.351 e. The van der Waals surface area contributed by atoms with E-state index in [1.54, 1.807) is 18.2 Å². The zero-order valence-electron chi connectivity index (χ0n) is 12.2. The summed E-state index contributed by atoms with van der Waals surface area (Å²) in [6.45, 7) is 1.85. The molecule has 1 unspecified atom stereocenters. The van der Waals surface area contributed by atoms with E-state index in [4.69, 9.17) is 23.2 Å². The molecule has 1 N–H and O–H groups in total. The standard InChI is InChI=1S/C15H15Cl2N3O2S/c16-9-4-3-5-10(13(9)17)18-12(21)8-11-14(22)19-15(23-11)20-6-1-2-7-20/h3-5,11H,1-2,6-8H2,(H,18,21). The lowest BCUT2D eigenvalue weighted by atomic mass is 10.2. The number of nitrogens with zero attached hydrogens (tertiary/aromatic N) is 2. The van der Waals surface area contributed by atoms with Crippen LogP contribution in [-0.4, -0.2) is 40.2 Å². The Labute approximate surface area is 148 Å². The molecule has 5 nitrogen and oxygen atoms in total. The molecule has 0 aromatic heterocycles. The molecule has 1 saturated heterocycles. The molecule has 0 bridgehead atoms. The van der Waals surface area contributed by atoms with Crippen LogP contribution in [0, 0.1) is 0 Å². The minimum atomic E-state index is -0.469. The first-order chi connectivity index (χ1) is 11.0. The van der Waals surface area contributed by atoms with Gasteiger partial charge in [-0.2, -0.15) is 4.99 Å². The number of amides is 2. The zero-order chi connectivity index (χ0) is 16.4. The van der Waals surface area contributed by atoms with Crippen LogP contribution >= 0.6 is 35.0 Å². The molecule has 0 saturated carbocycles. The molecule has 0 aliphatic carbocycles. The van der Waals surface area contributed by atoms with E-state index < -0.39 is 5.25 Å². The highest BCUT2D eigenvalue weighted by atomic mass is 35.5. The van der Waals surface area contributed by atoms with Crippen molar-refractivity contribution in [3.63, 3.8) is 0 Å². The maximum absolute atomic E-state index is 12.2. The molecule has 2 aliphatic heterocycles. The van der Waals surface area contributed by atoms with Crippen LogP contribution in [0.2, 0.25) is 10.0 Å². The highest BCUT2D eigenvalue weighted by Crippen LogP contribution is 2.31. The predicted octanol–water partition coefficient (Wildman–Crippen LogP) is 3.42. The van der Waals surface area contributed by atoms with E-state index in [0.29, 0.717) is 15.7 Å². The summed E-state index contributed by atoms with van der Waals surface area (Å²) in [5, 5.41) is 3.63. The fraction of sp³-hybridized carbons (Fsp3) is 0.400. The molecular weight excluding hydrogens is 357 g/mol. The summed E-state index contributed by atoms with van der Waals surface area (Å²) in [5.74, 6) is -0.526. The number of aliphatic imine (C=N–C) groups is 1. The highest BCUT2D eigenvalue weighted by Gasteiger charge is 2.33. The second kappa shape index (κ2) is 7.11. The minimum absolute atomic E-state index is 0.0627. The van der Waals surface area contributed by atoms with Crippen molar-refractivity contribution in [2.24, 2.45) is 4.99 Å². The van der Waals surface area contributed by atoms with E-state index in [1.165, 1.54) is 11.8 Å². The Morgan fingerprint density at radius 3 is 2.83 bits per heavy atom. The van der Waals surface area contributed by atoms with Crippen molar-refractivity contribution < 1.29 is 9.59 Å². The molecule has 23 heavy (non-hydrogen) atoms. The van der Waals surface area contributed by atoms with E-state index >= 15 is 0 Å². The minimum Gasteiger partial charge on any atom is -0.351 e. The third-order valence-electron chi connectivity index (χ3n) is 3.70. The average Bonchev–Trinajstić information content (AvgIpc) is 3.14. The molecule has 2 amide bonds. The Kier molecular flexibility index (Phi) is 5.14. The second-order valence-corrected chi connectivity index (χ2v) is 7.34. The summed E-state index contributed by atoms with van der Waals surface area (Å²) in [5.41, 5.74) is 0.445. The van der Waals surface area contributed by atoms with Crippen LogP contribution in [0.15, 0.2) is 23.2 Å². The van der Waals surface area contributed by atoms with Gasteiger partial charge in [-0.25, -0.2) is 0 Å². The van der Waals surface area contributed by atoms with Crippen molar-refractivity contribution >= 4 is 57.6 Å². The lowest BCUT2D eigenvalue weighted by molar-refractivity contribution is -0.121. The molecule has 1 atom stereocenters. The molecule has 122 valence electrons. The number of benzene rings is 1. The number of nitrogens with one attached hydrogen (secondary N) is 1. The van der Waals surface area contributed by atoms with Crippen LogP contribution in [0.25, 0.3) is 0 Å². The first-order valence-corrected chi connectivity index (χ1v) is 8.96. The van der Waals surface area contributed by atoms with Gasteiger partial charge in [0.05, 0.1) is 15.7 Å². The maximum Gasteiger partial charge on any atom is 0.262 e. The molecule has 1 aromatic rings.